The second kappa shape index (κ2) is 6.11. The zero-order valence-corrected chi connectivity index (χ0v) is 12.1. The Morgan fingerprint density at radius 2 is 2.12 bits per heavy atom. The Kier molecular flexibility index (Phi) is 5.07. The molecule has 0 radical (unpaired) electrons. The average molecular weight is 367 g/mol. The van der Waals surface area contributed by atoms with Gasteiger partial charge in [0.2, 0.25) is 0 Å². The highest BCUT2D eigenvalue weighted by molar-refractivity contribution is 9.10. The van der Waals surface area contributed by atoms with E-state index in [1.54, 1.807) is 6.07 Å². The Morgan fingerprint density at radius 1 is 1.47 bits per heavy atom. The number of alkyl halides is 1. The van der Waals surface area contributed by atoms with E-state index in [1.807, 2.05) is 0 Å². The molecule has 0 saturated heterocycles. The van der Waals surface area contributed by atoms with Gasteiger partial charge in [-0.3, -0.25) is 14.9 Å². The molecule has 0 atom stereocenters. The number of esters is 1. The lowest BCUT2D eigenvalue weighted by Crippen LogP contribution is -2.07. The highest BCUT2D eigenvalue weighted by Gasteiger charge is 2.17. The van der Waals surface area contributed by atoms with E-state index in [1.165, 1.54) is 13.2 Å². The topological polar surface area (TPSA) is 69.4 Å². The number of carbonyl (C=O) groups is 1. The van der Waals surface area contributed by atoms with Crippen molar-refractivity contribution in [1.82, 2.24) is 0 Å². The lowest BCUT2D eigenvalue weighted by Gasteiger charge is -2.07. The van der Waals surface area contributed by atoms with Gasteiger partial charge in [-0.05, 0) is 33.1 Å². The number of nitro benzene ring substituents is 1. The fourth-order valence-corrected chi connectivity index (χ4v) is 2.36. The van der Waals surface area contributed by atoms with Crippen molar-refractivity contribution < 1.29 is 14.5 Å². The number of ether oxygens (including phenoxy) is 1. The molecule has 1 aromatic carbocycles. The molecule has 0 aliphatic rings. The van der Waals surface area contributed by atoms with Crippen molar-refractivity contribution in [3.8, 4) is 0 Å². The molecule has 0 aliphatic heterocycles. The van der Waals surface area contributed by atoms with Gasteiger partial charge in [-0.1, -0.05) is 15.9 Å². The third kappa shape index (κ3) is 3.50. The summed E-state index contributed by atoms with van der Waals surface area (Å²) in [5.74, 6) is -0.382. The van der Waals surface area contributed by atoms with Crippen molar-refractivity contribution in [1.29, 1.82) is 0 Å². The van der Waals surface area contributed by atoms with Gasteiger partial charge in [0.25, 0.3) is 5.69 Å². The van der Waals surface area contributed by atoms with Crippen molar-refractivity contribution in [2.75, 3.05) is 7.11 Å². The fourth-order valence-electron chi connectivity index (χ4n) is 1.30. The molecule has 17 heavy (non-hydrogen) atoms. The average Bonchev–Trinajstić information content (AvgIpc) is 2.28. The third-order valence-corrected chi connectivity index (χ3v) is 3.41. The van der Waals surface area contributed by atoms with Crippen LogP contribution < -0.4 is 0 Å². The summed E-state index contributed by atoms with van der Waals surface area (Å²) in [6, 6.07) is 3.02. The van der Waals surface area contributed by atoms with E-state index in [4.69, 9.17) is 0 Å². The van der Waals surface area contributed by atoms with Crippen molar-refractivity contribution >= 4 is 43.5 Å². The van der Waals surface area contributed by atoms with Crippen molar-refractivity contribution in [2.24, 2.45) is 0 Å². The van der Waals surface area contributed by atoms with Gasteiger partial charge < -0.3 is 4.74 Å². The van der Waals surface area contributed by atoms with E-state index in [-0.39, 0.29) is 18.1 Å². The Morgan fingerprint density at radius 3 is 2.59 bits per heavy atom. The lowest BCUT2D eigenvalue weighted by atomic mass is 10.1. The standard InChI is InChI=1S/C10H9Br2NO4/c1-17-10(14)4-6-2-8(12)9(13(15)16)3-7(6)5-11/h2-3H,4-5H2,1H3. The Bertz CT molecular complexity index is 462. The number of hydrogen-bond donors (Lipinski definition) is 0. The Hall–Kier alpha value is -0.950. The molecule has 0 N–H and O–H groups in total. The minimum atomic E-state index is -0.474. The van der Waals surface area contributed by atoms with Crippen LogP contribution >= 0.6 is 31.9 Å². The van der Waals surface area contributed by atoms with E-state index in [0.717, 1.165) is 0 Å². The quantitative estimate of drug-likeness (QED) is 0.355. The van der Waals surface area contributed by atoms with Crippen LogP contribution in [0.15, 0.2) is 16.6 Å². The summed E-state index contributed by atoms with van der Waals surface area (Å²) >= 11 is 6.35. The molecule has 1 aromatic rings. The van der Waals surface area contributed by atoms with Gasteiger partial charge >= 0.3 is 5.97 Å². The van der Waals surface area contributed by atoms with Gasteiger partial charge in [0.15, 0.2) is 0 Å². The molecule has 0 aromatic heterocycles. The maximum absolute atomic E-state index is 11.2. The fraction of sp³-hybridized carbons (Fsp3) is 0.300. The number of nitrogens with zero attached hydrogens (tertiary/aromatic N) is 1. The third-order valence-electron chi connectivity index (χ3n) is 2.17. The molecule has 0 bridgehead atoms. The van der Waals surface area contributed by atoms with E-state index in [2.05, 4.69) is 36.6 Å². The van der Waals surface area contributed by atoms with Gasteiger partial charge in [0.1, 0.15) is 0 Å². The lowest BCUT2D eigenvalue weighted by molar-refractivity contribution is -0.385. The van der Waals surface area contributed by atoms with E-state index in [0.29, 0.717) is 20.9 Å². The monoisotopic (exact) mass is 365 g/mol. The number of hydrogen-bond acceptors (Lipinski definition) is 4. The first kappa shape index (κ1) is 14.1. The molecule has 1 rings (SSSR count). The summed E-state index contributed by atoms with van der Waals surface area (Å²) in [4.78, 5) is 21.5. The normalized spacial score (nSPS) is 10.1. The first-order chi connectivity index (χ1) is 7.99. The maximum atomic E-state index is 11.2. The Balaban J connectivity index is 3.18. The molecule has 0 unspecified atom stereocenters. The molecule has 92 valence electrons. The summed E-state index contributed by atoms with van der Waals surface area (Å²) in [7, 11) is 1.30. The summed E-state index contributed by atoms with van der Waals surface area (Å²) in [6.07, 6.45) is 0.0913. The van der Waals surface area contributed by atoms with Crippen LogP contribution in [0.2, 0.25) is 0 Å². The summed E-state index contributed by atoms with van der Waals surface area (Å²) < 4.78 is 4.92. The number of nitro groups is 1. The second-order valence-corrected chi connectivity index (χ2v) is 4.63. The second-order valence-electron chi connectivity index (χ2n) is 3.22. The molecule has 0 heterocycles. The first-order valence-corrected chi connectivity index (χ1v) is 6.49. The molecule has 0 spiro atoms. The number of rotatable bonds is 4. The SMILES string of the molecule is COC(=O)Cc1cc(Br)c([N+](=O)[O-])cc1CBr. The minimum Gasteiger partial charge on any atom is -0.469 e. The highest BCUT2D eigenvalue weighted by atomic mass is 79.9. The highest BCUT2D eigenvalue weighted by Crippen LogP contribution is 2.30. The molecule has 0 amide bonds. The van der Waals surface area contributed by atoms with Gasteiger partial charge in [-0.2, -0.15) is 0 Å². The minimum absolute atomic E-state index is 0.0203. The predicted octanol–water partition coefficient (Wildman–Crippen LogP) is 2.97. The molecular formula is C10H9Br2NO4. The van der Waals surface area contributed by atoms with Gasteiger partial charge in [-0.25, -0.2) is 0 Å². The molecule has 0 fully saturated rings. The van der Waals surface area contributed by atoms with Crippen LogP contribution in [0.25, 0.3) is 0 Å². The molecule has 7 heteroatoms. The number of methoxy groups -OCH3 is 1. The van der Waals surface area contributed by atoms with Crippen LogP contribution in [-0.2, 0) is 21.3 Å². The van der Waals surface area contributed by atoms with Crippen molar-refractivity contribution in [2.45, 2.75) is 11.8 Å². The van der Waals surface area contributed by atoms with Crippen molar-refractivity contribution in [3.05, 3.63) is 37.8 Å². The van der Waals surface area contributed by atoms with Crippen LogP contribution in [-0.4, -0.2) is 18.0 Å². The zero-order valence-electron chi connectivity index (χ0n) is 8.91. The van der Waals surface area contributed by atoms with Crippen molar-refractivity contribution in [3.63, 3.8) is 0 Å². The number of carbonyl (C=O) groups excluding carboxylic acids is 1. The number of benzene rings is 1. The smallest absolute Gasteiger partial charge is 0.309 e. The van der Waals surface area contributed by atoms with Gasteiger partial charge in [-0.15, -0.1) is 0 Å². The van der Waals surface area contributed by atoms with Gasteiger partial charge in [0.05, 0.1) is 22.9 Å². The van der Waals surface area contributed by atoms with E-state index < -0.39 is 4.92 Å². The van der Waals surface area contributed by atoms with Crippen LogP contribution in [0.1, 0.15) is 11.1 Å². The van der Waals surface area contributed by atoms with E-state index in [9.17, 15) is 14.9 Å². The molecule has 0 aliphatic carbocycles. The zero-order chi connectivity index (χ0) is 13.0. The van der Waals surface area contributed by atoms with Crippen LogP contribution in [0.5, 0.6) is 0 Å². The Labute approximate surface area is 115 Å². The number of halogens is 2. The van der Waals surface area contributed by atoms with E-state index >= 15 is 0 Å². The van der Waals surface area contributed by atoms with Crippen LogP contribution in [0, 0.1) is 10.1 Å². The molecule has 5 nitrogen and oxygen atoms in total. The maximum Gasteiger partial charge on any atom is 0.309 e. The first-order valence-electron chi connectivity index (χ1n) is 4.58. The molecule has 0 saturated carbocycles. The summed E-state index contributed by atoms with van der Waals surface area (Å²) in [5, 5.41) is 11.2. The molecular weight excluding hydrogens is 358 g/mol. The summed E-state index contributed by atoms with van der Waals surface area (Å²) in [5.41, 5.74) is 1.38. The van der Waals surface area contributed by atoms with Crippen LogP contribution in [0.3, 0.4) is 0 Å². The summed E-state index contributed by atoms with van der Waals surface area (Å²) in [6.45, 7) is 0. The van der Waals surface area contributed by atoms with Gasteiger partial charge in [0, 0.05) is 11.4 Å². The predicted molar refractivity (Wildman–Crippen MR) is 69.1 cm³/mol. The largest absolute Gasteiger partial charge is 0.469 e. The van der Waals surface area contributed by atoms with Crippen LogP contribution in [0.4, 0.5) is 5.69 Å².